The van der Waals surface area contributed by atoms with Gasteiger partial charge in [-0.2, -0.15) is 0 Å². The van der Waals surface area contributed by atoms with Crippen molar-refractivity contribution >= 4 is 11.6 Å². The molecule has 0 bridgehead atoms. The highest BCUT2D eigenvalue weighted by Crippen LogP contribution is 2.17. The highest BCUT2D eigenvalue weighted by Gasteiger charge is 2.15. The molecule has 1 aromatic carbocycles. The van der Waals surface area contributed by atoms with Gasteiger partial charge in [0.25, 0.3) is 5.91 Å². The summed E-state index contributed by atoms with van der Waals surface area (Å²) in [5.74, 6) is -0.671. The van der Waals surface area contributed by atoms with Gasteiger partial charge in [-0.25, -0.2) is 9.07 Å². The average Bonchev–Trinajstić information content (AvgIpc) is 3.23. The van der Waals surface area contributed by atoms with Gasteiger partial charge in [0.2, 0.25) is 0 Å². The van der Waals surface area contributed by atoms with Crippen LogP contribution in [0.15, 0.2) is 60.4 Å². The zero-order valence-corrected chi connectivity index (χ0v) is 16.5. The minimum Gasteiger partial charge on any atom is -0.345 e. The third-order valence-corrected chi connectivity index (χ3v) is 4.58. The summed E-state index contributed by atoms with van der Waals surface area (Å²) >= 11 is 0. The molecule has 154 valence electrons. The first-order chi connectivity index (χ1) is 14.5. The summed E-state index contributed by atoms with van der Waals surface area (Å²) < 4.78 is 15.4. The van der Waals surface area contributed by atoms with Gasteiger partial charge in [-0.15, -0.1) is 5.10 Å². The highest BCUT2D eigenvalue weighted by molar-refractivity contribution is 5.92. The van der Waals surface area contributed by atoms with Crippen molar-refractivity contribution in [2.75, 3.05) is 6.54 Å². The second-order valence-electron chi connectivity index (χ2n) is 6.79. The molecule has 8 nitrogen and oxygen atoms in total. The number of pyridine rings is 1. The predicted octanol–water partition coefficient (Wildman–Crippen LogP) is 2.43. The second-order valence-corrected chi connectivity index (χ2v) is 6.79. The molecule has 2 aromatic heterocycles. The van der Waals surface area contributed by atoms with E-state index in [4.69, 9.17) is 0 Å². The summed E-state index contributed by atoms with van der Waals surface area (Å²) in [7, 11) is 0. The van der Waals surface area contributed by atoms with Crippen molar-refractivity contribution in [1.82, 2.24) is 36.1 Å². The Kier molecular flexibility index (Phi) is 5.25. The number of halogens is 1. The minimum atomic E-state index is -0.356. The molecule has 0 aliphatic carbocycles. The maximum absolute atomic E-state index is 13.9. The number of allylic oxidation sites excluding steroid dienone is 2. The SMILES string of the molecule is Cc1ccc(-n2cc(C(=O)NCC3=CC=C(c4ccccc4F)NN3)nn2)c(C)n1.[HH]. The molecule has 1 aliphatic rings. The maximum Gasteiger partial charge on any atom is 0.273 e. The van der Waals surface area contributed by atoms with Crippen LogP contribution < -0.4 is 16.2 Å². The van der Waals surface area contributed by atoms with Gasteiger partial charge in [0, 0.05) is 12.7 Å². The third kappa shape index (κ3) is 4.04. The normalized spacial score (nSPS) is 13.0. The number of hydrazine groups is 1. The van der Waals surface area contributed by atoms with E-state index in [1.807, 2.05) is 26.0 Å². The van der Waals surface area contributed by atoms with Crippen molar-refractivity contribution in [3.63, 3.8) is 0 Å². The molecule has 4 rings (SSSR count). The molecule has 0 saturated carbocycles. The van der Waals surface area contributed by atoms with E-state index >= 15 is 0 Å². The van der Waals surface area contributed by atoms with Crippen LogP contribution in [0.5, 0.6) is 0 Å². The minimum absolute atomic E-state index is 0. The number of hydrogen-bond acceptors (Lipinski definition) is 6. The summed E-state index contributed by atoms with van der Waals surface area (Å²) in [6.45, 7) is 4.03. The smallest absolute Gasteiger partial charge is 0.273 e. The first-order valence-corrected chi connectivity index (χ1v) is 9.34. The van der Waals surface area contributed by atoms with Crippen LogP contribution in [0, 0.1) is 19.7 Å². The predicted molar refractivity (Wildman–Crippen MR) is 112 cm³/mol. The number of nitrogens with one attached hydrogen (secondary N) is 3. The zero-order valence-electron chi connectivity index (χ0n) is 16.5. The highest BCUT2D eigenvalue weighted by atomic mass is 19.1. The number of amides is 1. The van der Waals surface area contributed by atoms with Crippen molar-refractivity contribution in [2.24, 2.45) is 0 Å². The molecule has 0 radical (unpaired) electrons. The molecule has 0 saturated heterocycles. The fourth-order valence-corrected chi connectivity index (χ4v) is 3.03. The Morgan fingerprint density at radius 3 is 2.73 bits per heavy atom. The van der Waals surface area contributed by atoms with Crippen LogP contribution >= 0.6 is 0 Å². The van der Waals surface area contributed by atoms with E-state index < -0.39 is 0 Å². The number of rotatable bonds is 5. The maximum atomic E-state index is 13.9. The Hall–Kier alpha value is -4.01. The van der Waals surface area contributed by atoms with Crippen molar-refractivity contribution in [2.45, 2.75) is 13.8 Å². The van der Waals surface area contributed by atoms with Crippen molar-refractivity contribution < 1.29 is 10.6 Å². The quantitative estimate of drug-likeness (QED) is 0.601. The fraction of sp³-hybridized carbons (Fsp3) is 0.143. The summed E-state index contributed by atoms with van der Waals surface area (Å²) in [5.41, 5.74) is 10.3. The number of carbonyl (C=O) groups excluding carboxylic acids is 1. The monoisotopic (exact) mass is 407 g/mol. The van der Waals surface area contributed by atoms with E-state index in [0.29, 0.717) is 11.3 Å². The lowest BCUT2D eigenvalue weighted by Gasteiger charge is -2.20. The van der Waals surface area contributed by atoms with Crippen LogP contribution in [0.2, 0.25) is 0 Å². The molecule has 1 aliphatic heterocycles. The number of aryl methyl sites for hydroxylation is 2. The lowest BCUT2D eigenvalue weighted by atomic mass is 10.1. The first kappa shape index (κ1) is 19.3. The van der Waals surface area contributed by atoms with E-state index in [0.717, 1.165) is 22.8 Å². The van der Waals surface area contributed by atoms with Crippen LogP contribution in [-0.4, -0.2) is 32.4 Å². The van der Waals surface area contributed by atoms with Crippen molar-refractivity contribution in [1.29, 1.82) is 0 Å². The molecular weight excluding hydrogens is 385 g/mol. The molecule has 9 heteroatoms. The lowest BCUT2D eigenvalue weighted by Crippen LogP contribution is -2.38. The van der Waals surface area contributed by atoms with Crippen molar-refractivity contribution in [3.8, 4) is 5.69 Å². The standard InChI is InChI=1S/C21H20FN7O.H2/c1-13-7-10-20(14(2)24-13)29-12-19(27-28-29)21(30)23-11-15-8-9-18(26-25-15)16-5-3-4-6-17(16)22;/h3-10,12,25-26H,11H2,1-2H3,(H,23,30);1H. The molecule has 0 spiro atoms. The van der Waals surface area contributed by atoms with Gasteiger partial charge >= 0.3 is 0 Å². The molecule has 3 heterocycles. The van der Waals surface area contributed by atoms with Gasteiger partial charge in [0.05, 0.1) is 35.5 Å². The van der Waals surface area contributed by atoms with Gasteiger partial charge in [-0.3, -0.25) is 9.78 Å². The number of benzene rings is 1. The number of carbonyl (C=O) groups is 1. The molecule has 30 heavy (non-hydrogen) atoms. The van der Waals surface area contributed by atoms with Crippen LogP contribution in [0.4, 0.5) is 4.39 Å². The molecule has 0 fully saturated rings. The Balaban J connectivity index is 0.00000272. The van der Waals surface area contributed by atoms with Crippen LogP contribution in [0.25, 0.3) is 11.4 Å². The van der Waals surface area contributed by atoms with Crippen molar-refractivity contribution in [3.05, 3.63) is 88.9 Å². The molecular formula is C21H22FN7O. The largest absolute Gasteiger partial charge is 0.345 e. The molecule has 1 amide bonds. The van der Waals surface area contributed by atoms with Gasteiger partial charge in [-0.05, 0) is 50.3 Å². The van der Waals surface area contributed by atoms with E-state index in [-0.39, 0.29) is 25.4 Å². The Morgan fingerprint density at radius 2 is 2.00 bits per heavy atom. The zero-order chi connectivity index (χ0) is 21.1. The Labute approximate surface area is 174 Å². The van der Waals surface area contributed by atoms with Gasteiger partial charge < -0.3 is 16.2 Å². The number of aromatic nitrogens is 4. The second kappa shape index (κ2) is 8.16. The van der Waals surface area contributed by atoms with Crippen LogP contribution in [-0.2, 0) is 0 Å². The van der Waals surface area contributed by atoms with E-state index in [1.54, 1.807) is 36.5 Å². The topological polar surface area (TPSA) is 96.8 Å². The molecule has 3 aromatic rings. The number of nitrogens with zero attached hydrogens (tertiary/aromatic N) is 4. The Bertz CT molecular complexity index is 1170. The van der Waals surface area contributed by atoms with Crippen LogP contribution in [0.3, 0.4) is 0 Å². The summed E-state index contributed by atoms with van der Waals surface area (Å²) in [6, 6.07) is 10.3. The molecule has 3 N–H and O–H groups in total. The Morgan fingerprint density at radius 1 is 1.17 bits per heavy atom. The third-order valence-electron chi connectivity index (χ3n) is 4.58. The molecule has 0 unspecified atom stereocenters. The van der Waals surface area contributed by atoms with Gasteiger partial charge in [-0.1, -0.05) is 17.3 Å². The molecule has 0 atom stereocenters. The fourth-order valence-electron chi connectivity index (χ4n) is 3.03. The van der Waals surface area contributed by atoms with E-state index in [2.05, 4.69) is 31.5 Å². The van der Waals surface area contributed by atoms with Crippen LogP contribution in [0.1, 0.15) is 28.9 Å². The van der Waals surface area contributed by atoms with Gasteiger partial charge in [0.1, 0.15) is 5.82 Å². The summed E-state index contributed by atoms with van der Waals surface area (Å²) in [6.07, 6.45) is 5.09. The first-order valence-electron chi connectivity index (χ1n) is 9.34. The van der Waals surface area contributed by atoms with E-state index in [9.17, 15) is 9.18 Å². The average molecular weight is 407 g/mol. The summed E-state index contributed by atoms with van der Waals surface area (Å²) in [5, 5.41) is 10.7. The lowest BCUT2D eigenvalue weighted by molar-refractivity contribution is 0.0951. The van der Waals surface area contributed by atoms with E-state index in [1.165, 1.54) is 10.7 Å². The number of hydrogen-bond donors (Lipinski definition) is 3. The summed E-state index contributed by atoms with van der Waals surface area (Å²) in [4.78, 5) is 16.8. The van der Waals surface area contributed by atoms with Gasteiger partial charge in [0.15, 0.2) is 5.69 Å².